The highest BCUT2D eigenvalue weighted by molar-refractivity contribution is 5.83. The first-order valence-electron chi connectivity index (χ1n) is 13.1. The van der Waals surface area contributed by atoms with Crippen molar-refractivity contribution in [1.29, 1.82) is 0 Å². The molecule has 0 bridgehead atoms. The lowest BCUT2D eigenvalue weighted by Crippen LogP contribution is -2.49. The average molecular weight is 516 g/mol. The minimum absolute atomic E-state index is 0.0717. The topological polar surface area (TPSA) is 111 Å². The Bertz CT molecular complexity index is 1490. The molecule has 2 atom stereocenters. The molecule has 1 N–H and O–H groups in total. The molecule has 0 saturated carbocycles. The number of H-pyrrole nitrogens is 1. The maximum absolute atomic E-state index is 13.6. The van der Waals surface area contributed by atoms with E-state index in [-0.39, 0.29) is 18.5 Å². The fraction of sp³-hybridized carbons (Fsp3) is 0.407. The predicted molar refractivity (Wildman–Crippen MR) is 140 cm³/mol. The largest absolute Gasteiger partial charge is 0.454 e. The van der Waals surface area contributed by atoms with Crippen molar-refractivity contribution < 1.29 is 14.2 Å². The van der Waals surface area contributed by atoms with Crippen LogP contribution in [0.5, 0.6) is 11.5 Å². The number of piperazine rings is 1. The van der Waals surface area contributed by atoms with Gasteiger partial charge in [-0.25, -0.2) is 4.68 Å². The molecule has 0 aliphatic carbocycles. The third-order valence-corrected chi connectivity index (χ3v) is 7.67. The summed E-state index contributed by atoms with van der Waals surface area (Å²) >= 11 is 0. The van der Waals surface area contributed by atoms with Crippen LogP contribution in [0.4, 0.5) is 5.69 Å². The van der Waals surface area contributed by atoms with E-state index in [0.717, 1.165) is 51.0 Å². The summed E-state index contributed by atoms with van der Waals surface area (Å²) in [6.45, 7) is 4.67. The van der Waals surface area contributed by atoms with Crippen molar-refractivity contribution in [2.45, 2.75) is 31.5 Å². The molecule has 196 valence electrons. The third-order valence-electron chi connectivity index (χ3n) is 7.67. The number of aromatic nitrogens is 5. The zero-order valence-corrected chi connectivity index (χ0v) is 21.0. The monoisotopic (exact) mass is 515 g/mol. The molecule has 4 aromatic rings. The highest BCUT2D eigenvalue weighted by Gasteiger charge is 2.34. The first kappa shape index (κ1) is 23.2. The smallest absolute Gasteiger partial charge is 0.253 e. The van der Waals surface area contributed by atoms with Crippen molar-refractivity contribution in [3.8, 4) is 11.5 Å². The lowest BCUT2D eigenvalue weighted by molar-refractivity contribution is 0.0906. The molecule has 38 heavy (non-hydrogen) atoms. The molecule has 5 heterocycles. The van der Waals surface area contributed by atoms with Gasteiger partial charge in [0.05, 0.1) is 18.2 Å². The Morgan fingerprint density at radius 3 is 2.63 bits per heavy atom. The second-order valence-electron chi connectivity index (χ2n) is 9.96. The number of rotatable bonds is 6. The van der Waals surface area contributed by atoms with E-state index in [9.17, 15) is 4.79 Å². The number of para-hydroxylation sites is 1. The van der Waals surface area contributed by atoms with E-state index in [4.69, 9.17) is 14.2 Å². The van der Waals surface area contributed by atoms with Gasteiger partial charge in [-0.15, -0.1) is 5.10 Å². The van der Waals surface area contributed by atoms with Gasteiger partial charge in [-0.2, -0.15) is 0 Å². The number of aromatic amines is 1. The van der Waals surface area contributed by atoms with Crippen LogP contribution >= 0.6 is 0 Å². The van der Waals surface area contributed by atoms with Gasteiger partial charge in [-0.05, 0) is 47.5 Å². The van der Waals surface area contributed by atoms with Gasteiger partial charge < -0.3 is 24.1 Å². The van der Waals surface area contributed by atoms with Gasteiger partial charge in [-0.1, -0.05) is 18.2 Å². The summed E-state index contributed by atoms with van der Waals surface area (Å²) in [6, 6.07) is 15.7. The van der Waals surface area contributed by atoms with E-state index in [1.807, 2.05) is 28.9 Å². The number of hydrogen-bond donors (Lipinski definition) is 1. The van der Waals surface area contributed by atoms with Crippen LogP contribution in [0.15, 0.2) is 53.3 Å². The normalized spacial score (nSPS) is 20.3. The molecule has 2 aromatic carbocycles. The average Bonchev–Trinajstić information content (AvgIpc) is 3.72. The maximum Gasteiger partial charge on any atom is 0.253 e. The van der Waals surface area contributed by atoms with E-state index in [2.05, 4.69) is 54.6 Å². The number of benzene rings is 2. The second-order valence-corrected chi connectivity index (χ2v) is 9.96. The number of nitrogens with one attached hydrogen (secondary N) is 1. The standard InChI is InChI=1S/C27H29N7O4/c35-27-21(13-18-14-23-24(38-17-37-23)15-22(18)28-27)25(26-29-30-31-34(26)16-20-7-4-12-36-20)33-10-8-32(9-11-33)19-5-2-1-3-6-19/h1-3,5-6,13-15,20,25H,4,7-12,16-17H2,(H,28,35). The number of fused-ring (bicyclic) bond motifs is 2. The number of anilines is 1. The molecule has 0 spiro atoms. The second kappa shape index (κ2) is 9.73. The minimum Gasteiger partial charge on any atom is -0.454 e. The minimum atomic E-state index is -0.414. The fourth-order valence-electron chi connectivity index (χ4n) is 5.71. The molecule has 2 saturated heterocycles. The van der Waals surface area contributed by atoms with Crippen molar-refractivity contribution in [3.63, 3.8) is 0 Å². The summed E-state index contributed by atoms with van der Waals surface area (Å²) < 4.78 is 18.8. The van der Waals surface area contributed by atoms with Crippen LogP contribution in [0.1, 0.15) is 30.3 Å². The van der Waals surface area contributed by atoms with Gasteiger partial charge in [-0.3, -0.25) is 9.69 Å². The quantitative estimate of drug-likeness (QED) is 0.414. The summed E-state index contributed by atoms with van der Waals surface area (Å²) in [5.41, 5.74) is 2.34. The van der Waals surface area contributed by atoms with Gasteiger partial charge in [0.1, 0.15) is 6.04 Å². The Balaban J connectivity index is 1.27. The van der Waals surface area contributed by atoms with E-state index in [1.54, 1.807) is 0 Å². The molecular formula is C27H29N7O4. The molecule has 2 aromatic heterocycles. The number of tetrazole rings is 1. The summed E-state index contributed by atoms with van der Waals surface area (Å²) in [5, 5.41) is 13.7. The Labute approximate surface area is 218 Å². The summed E-state index contributed by atoms with van der Waals surface area (Å²) in [5.74, 6) is 1.96. The van der Waals surface area contributed by atoms with Gasteiger partial charge >= 0.3 is 0 Å². The third kappa shape index (κ3) is 4.27. The summed E-state index contributed by atoms with van der Waals surface area (Å²) in [7, 11) is 0. The molecule has 11 nitrogen and oxygen atoms in total. The number of pyridine rings is 1. The molecule has 11 heteroatoms. The molecule has 3 aliphatic rings. The van der Waals surface area contributed by atoms with Crippen molar-refractivity contribution in [2.75, 3.05) is 44.5 Å². The molecule has 0 amide bonds. The van der Waals surface area contributed by atoms with Gasteiger partial charge in [0.15, 0.2) is 17.3 Å². The Morgan fingerprint density at radius 2 is 1.84 bits per heavy atom. The summed E-state index contributed by atoms with van der Waals surface area (Å²) in [6.07, 6.45) is 2.08. The first-order valence-corrected chi connectivity index (χ1v) is 13.1. The predicted octanol–water partition coefficient (Wildman–Crippen LogP) is 2.33. The van der Waals surface area contributed by atoms with Crippen molar-refractivity contribution in [1.82, 2.24) is 30.1 Å². The van der Waals surface area contributed by atoms with Crippen LogP contribution in [-0.4, -0.2) is 75.8 Å². The van der Waals surface area contributed by atoms with Crippen LogP contribution in [0.25, 0.3) is 10.9 Å². The Hall–Kier alpha value is -3.96. The van der Waals surface area contributed by atoms with Gasteiger partial charge in [0.25, 0.3) is 5.56 Å². The first-order chi connectivity index (χ1) is 18.7. The number of hydrogen-bond acceptors (Lipinski definition) is 9. The SMILES string of the molecule is O=c1[nH]c2cc3c(cc2cc1C(c1nnnn1CC1CCCO1)N1CCN(c2ccccc2)CC1)OCO3. The number of ether oxygens (including phenoxy) is 3. The van der Waals surface area contributed by atoms with Crippen molar-refractivity contribution in [3.05, 3.63) is 70.3 Å². The van der Waals surface area contributed by atoms with Crippen LogP contribution in [0.3, 0.4) is 0 Å². The summed E-state index contributed by atoms with van der Waals surface area (Å²) in [4.78, 5) is 21.3. The van der Waals surface area contributed by atoms with Crippen LogP contribution in [-0.2, 0) is 11.3 Å². The van der Waals surface area contributed by atoms with E-state index in [1.165, 1.54) is 5.69 Å². The Kier molecular flexibility index (Phi) is 5.94. The molecule has 3 aliphatic heterocycles. The van der Waals surface area contributed by atoms with Gasteiger partial charge in [0.2, 0.25) is 6.79 Å². The lowest BCUT2D eigenvalue weighted by Gasteiger charge is -2.39. The van der Waals surface area contributed by atoms with E-state index in [0.29, 0.717) is 34.9 Å². The zero-order valence-electron chi connectivity index (χ0n) is 21.0. The highest BCUT2D eigenvalue weighted by atomic mass is 16.7. The van der Waals surface area contributed by atoms with Crippen molar-refractivity contribution >= 4 is 16.6 Å². The van der Waals surface area contributed by atoms with Crippen LogP contribution < -0.4 is 19.9 Å². The maximum atomic E-state index is 13.6. The van der Waals surface area contributed by atoms with Crippen LogP contribution in [0, 0.1) is 0 Å². The van der Waals surface area contributed by atoms with Crippen molar-refractivity contribution in [2.24, 2.45) is 0 Å². The van der Waals surface area contributed by atoms with Crippen LogP contribution in [0.2, 0.25) is 0 Å². The highest BCUT2D eigenvalue weighted by Crippen LogP contribution is 2.36. The molecule has 0 radical (unpaired) electrons. The molecule has 2 unspecified atom stereocenters. The molecular weight excluding hydrogens is 486 g/mol. The Morgan fingerprint density at radius 1 is 1.03 bits per heavy atom. The molecule has 2 fully saturated rings. The van der Waals surface area contributed by atoms with E-state index < -0.39 is 6.04 Å². The lowest BCUT2D eigenvalue weighted by atomic mass is 10.0. The fourth-order valence-corrected chi connectivity index (χ4v) is 5.71. The van der Waals surface area contributed by atoms with Gasteiger partial charge in [0, 0.05) is 55.5 Å². The van der Waals surface area contributed by atoms with E-state index >= 15 is 0 Å². The number of nitrogens with zero attached hydrogens (tertiary/aromatic N) is 6. The zero-order chi connectivity index (χ0) is 25.5. The molecule has 7 rings (SSSR count).